The molecule has 3 aromatic rings. The summed E-state index contributed by atoms with van der Waals surface area (Å²) in [6, 6.07) is 19.4. The molecule has 0 saturated heterocycles. The SMILES string of the molecule is CC(C#N)Oc1ccc(/C=C2\CCc3nc(-c4ccccc4)sc3C2=O)cc1. The third kappa shape index (κ3) is 3.73. The van der Waals surface area contributed by atoms with E-state index >= 15 is 0 Å². The second-order valence-electron chi connectivity index (χ2n) is 6.62. The van der Waals surface area contributed by atoms with Gasteiger partial charge in [-0.1, -0.05) is 42.5 Å². The number of nitrogens with zero attached hydrogens (tertiary/aromatic N) is 2. The molecule has 0 bridgehead atoms. The molecule has 0 amide bonds. The number of allylic oxidation sites excluding steroid dienone is 1. The number of ether oxygens (including phenoxy) is 1. The van der Waals surface area contributed by atoms with Crippen molar-refractivity contribution >= 4 is 23.2 Å². The Hall–Kier alpha value is -3.23. The second kappa shape index (κ2) is 7.79. The average molecular weight is 386 g/mol. The van der Waals surface area contributed by atoms with Crippen molar-refractivity contribution in [2.24, 2.45) is 0 Å². The Balaban J connectivity index is 1.56. The number of Topliss-reactive ketones (excluding diaryl/α,β-unsaturated/α-hetero) is 1. The highest BCUT2D eigenvalue weighted by molar-refractivity contribution is 7.17. The predicted molar refractivity (Wildman–Crippen MR) is 110 cm³/mol. The number of carbonyl (C=O) groups excluding carboxylic acids is 1. The summed E-state index contributed by atoms with van der Waals surface area (Å²) in [5, 5.41) is 9.72. The van der Waals surface area contributed by atoms with Gasteiger partial charge in [-0.3, -0.25) is 4.79 Å². The van der Waals surface area contributed by atoms with E-state index in [1.54, 1.807) is 6.92 Å². The van der Waals surface area contributed by atoms with Gasteiger partial charge in [0.2, 0.25) is 5.78 Å². The van der Waals surface area contributed by atoms with Gasteiger partial charge in [-0.05, 0) is 43.5 Å². The molecule has 1 aliphatic rings. The predicted octanol–water partition coefficient (Wildman–Crippen LogP) is 5.31. The van der Waals surface area contributed by atoms with E-state index in [1.807, 2.05) is 66.7 Å². The van der Waals surface area contributed by atoms with Crippen LogP contribution >= 0.6 is 11.3 Å². The lowest BCUT2D eigenvalue weighted by Gasteiger charge is -2.12. The molecule has 1 aliphatic carbocycles. The smallest absolute Gasteiger partial charge is 0.200 e. The van der Waals surface area contributed by atoms with E-state index in [0.29, 0.717) is 12.2 Å². The van der Waals surface area contributed by atoms with Crippen molar-refractivity contribution < 1.29 is 9.53 Å². The molecule has 4 nitrogen and oxygen atoms in total. The fraction of sp³-hybridized carbons (Fsp3) is 0.174. The van der Waals surface area contributed by atoms with Crippen LogP contribution < -0.4 is 4.74 Å². The van der Waals surface area contributed by atoms with Crippen molar-refractivity contribution in [1.82, 2.24) is 4.98 Å². The van der Waals surface area contributed by atoms with Gasteiger partial charge in [0.15, 0.2) is 6.10 Å². The average Bonchev–Trinajstić information content (AvgIpc) is 3.17. The molecule has 2 aromatic carbocycles. The van der Waals surface area contributed by atoms with Crippen molar-refractivity contribution in [3.05, 3.63) is 76.3 Å². The summed E-state index contributed by atoms with van der Waals surface area (Å²) in [6.07, 6.45) is 2.91. The van der Waals surface area contributed by atoms with Crippen LogP contribution in [0.15, 0.2) is 60.2 Å². The Bertz CT molecular complexity index is 1080. The zero-order valence-electron chi connectivity index (χ0n) is 15.4. The molecule has 1 heterocycles. The topological polar surface area (TPSA) is 63.0 Å². The Kier molecular flexibility index (Phi) is 5.05. The van der Waals surface area contributed by atoms with E-state index in [9.17, 15) is 4.79 Å². The molecule has 1 aromatic heterocycles. The molecule has 0 N–H and O–H groups in total. The molecular weight excluding hydrogens is 368 g/mol. The normalized spacial score (nSPS) is 15.7. The lowest BCUT2D eigenvalue weighted by atomic mass is 9.94. The summed E-state index contributed by atoms with van der Waals surface area (Å²) in [7, 11) is 0. The van der Waals surface area contributed by atoms with Crippen LogP contribution in [0.25, 0.3) is 16.6 Å². The number of thiazole rings is 1. The van der Waals surface area contributed by atoms with E-state index in [2.05, 4.69) is 4.98 Å². The molecule has 4 rings (SSSR count). The van der Waals surface area contributed by atoms with Gasteiger partial charge >= 0.3 is 0 Å². The molecule has 1 atom stereocenters. The zero-order chi connectivity index (χ0) is 19.5. The maximum absolute atomic E-state index is 13.0. The number of nitriles is 1. The maximum Gasteiger partial charge on any atom is 0.200 e. The van der Waals surface area contributed by atoms with Crippen LogP contribution in [-0.4, -0.2) is 16.9 Å². The number of aryl methyl sites for hydroxylation is 1. The van der Waals surface area contributed by atoms with Gasteiger partial charge in [-0.15, -0.1) is 11.3 Å². The monoisotopic (exact) mass is 386 g/mol. The van der Waals surface area contributed by atoms with E-state index < -0.39 is 6.10 Å². The van der Waals surface area contributed by atoms with Crippen LogP contribution in [0.5, 0.6) is 5.75 Å². The third-order valence-corrected chi connectivity index (χ3v) is 5.71. The van der Waals surface area contributed by atoms with Gasteiger partial charge in [0.25, 0.3) is 0 Å². The summed E-state index contributed by atoms with van der Waals surface area (Å²) in [5.74, 6) is 0.711. The van der Waals surface area contributed by atoms with Crippen LogP contribution in [0.3, 0.4) is 0 Å². The van der Waals surface area contributed by atoms with Gasteiger partial charge in [-0.25, -0.2) is 4.98 Å². The van der Waals surface area contributed by atoms with Crippen molar-refractivity contribution in [2.75, 3.05) is 0 Å². The van der Waals surface area contributed by atoms with Crippen LogP contribution in [0.4, 0.5) is 0 Å². The number of rotatable bonds is 4. The minimum atomic E-state index is -0.493. The zero-order valence-corrected chi connectivity index (χ0v) is 16.2. The summed E-state index contributed by atoms with van der Waals surface area (Å²) >= 11 is 1.47. The van der Waals surface area contributed by atoms with Gasteiger partial charge in [0.1, 0.15) is 16.8 Å². The number of hydrogen-bond acceptors (Lipinski definition) is 5. The Labute approximate surface area is 167 Å². The van der Waals surface area contributed by atoms with Crippen molar-refractivity contribution in [3.63, 3.8) is 0 Å². The quantitative estimate of drug-likeness (QED) is 0.570. The highest BCUT2D eigenvalue weighted by atomic mass is 32.1. The van der Waals surface area contributed by atoms with Crippen LogP contribution in [0, 0.1) is 11.3 Å². The van der Waals surface area contributed by atoms with E-state index in [-0.39, 0.29) is 5.78 Å². The number of fused-ring (bicyclic) bond motifs is 1. The van der Waals surface area contributed by atoms with Crippen molar-refractivity contribution in [2.45, 2.75) is 25.9 Å². The molecule has 0 aliphatic heterocycles. The Morgan fingerprint density at radius 3 is 2.61 bits per heavy atom. The Morgan fingerprint density at radius 1 is 1.14 bits per heavy atom. The van der Waals surface area contributed by atoms with Gasteiger partial charge in [-0.2, -0.15) is 5.26 Å². The van der Waals surface area contributed by atoms with E-state index in [1.165, 1.54) is 11.3 Å². The second-order valence-corrected chi connectivity index (χ2v) is 7.62. The number of ketones is 1. The molecule has 5 heteroatoms. The molecule has 0 radical (unpaired) electrons. The van der Waals surface area contributed by atoms with Crippen molar-refractivity contribution in [1.29, 1.82) is 5.26 Å². The molecule has 0 fully saturated rings. The fourth-order valence-electron chi connectivity index (χ4n) is 3.13. The first-order chi connectivity index (χ1) is 13.6. The van der Waals surface area contributed by atoms with Crippen LogP contribution in [-0.2, 0) is 6.42 Å². The standard InChI is InChI=1S/C23H18N2O2S/c1-15(14-24)27-19-10-7-16(8-11-19)13-18-9-12-20-22(21(18)26)28-23(25-20)17-5-3-2-4-6-17/h2-8,10-11,13,15H,9,12H2,1H3/b18-13+. The van der Waals surface area contributed by atoms with Gasteiger partial charge in [0.05, 0.1) is 10.6 Å². The number of aromatic nitrogens is 1. The van der Waals surface area contributed by atoms with Gasteiger partial charge < -0.3 is 4.74 Å². The summed E-state index contributed by atoms with van der Waals surface area (Å²) in [4.78, 5) is 18.4. The third-order valence-electron chi connectivity index (χ3n) is 4.56. The molecule has 1 unspecified atom stereocenters. The fourth-order valence-corrected chi connectivity index (χ4v) is 4.22. The minimum absolute atomic E-state index is 0.0689. The largest absolute Gasteiger partial charge is 0.476 e. The first-order valence-corrected chi connectivity index (χ1v) is 9.92. The molecule has 0 spiro atoms. The maximum atomic E-state index is 13.0. The molecule has 138 valence electrons. The lowest BCUT2D eigenvalue weighted by Crippen LogP contribution is -2.12. The number of benzene rings is 2. The van der Waals surface area contributed by atoms with Crippen LogP contribution in [0.2, 0.25) is 0 Å². The first-order valence-electron chi connectivity index (χ1n) is 9.11. The van der Waals surface area contributed by atoms with Crippen molar-refractivity contribution in [3.8, 4) is 22.4 Å². The highest BCUT2D eigenvalue weighted by Crippen LogP contribution is 2.35. The lowest BCUT2D eigenvalue weighted by molar-refractivity contribution is 0.103. The van der Waals surface area contributed by atoms with Gasteiger partial charge in [0, 0.05) is 11.1 Å². The van der Waals surface area contributed by atoms with E-state index in [0.717, 1.165) is 38.7 Å². The number of carbonyl (C=O) groups is 1. The summed E-state index contributed by atoms with van der Waals surface area (Å²) in [5.41, 5.74) is 3.69. The number of hydrogen-bond donors (Lipinski definition) is 0. The summed E-state index contributed by atoms with van der Waals surface area (Å²) in [6.45, 7) is 1.70. The Morgan fingerprint density at radius 2 is 1.89 bits per heavy atom. The van der Waals surface area contributed by atoms with E-state index in [4.69, 9.17) is 10.00 Å². The minimum Gasteiger partial charge on any atom is -0.476 e. The summed E-state index contributed by atoms with van der Waals surface area (Å²) < 4.78 is 5.47. The first kappa shape index (κ1) is 18.1. The van der Waals surface area contributed by atoms with Crippen LogP contribution in [0.1, 0.15) is 34.3 Å². The molecular formula is C23H18N2O2S. The highest BCUT2D eigenvalue weighted by Gasteiger charge is 2.26. The molecule has 28 heavy (non-hydrogen) atoms. The molecule has 0 saturated carbocycles.